The van der Waals surface area contributed by atoms with Crippen molar-refractivity contribution in [1.29, 1.82) is 0 Å². The summed E-state index contributed by atoms with van der Waals surface area (Å²) in [6.45, 7) is 3.91. The maximum Gasteiger partial charge on any atom is 0.267 e. The number of thioether (sulfide) groups is 1. The maximum absolute atomic E-state index is 13.5. The van der Waals surface area contributed by atoms with E-state index in [4.69, 9.17) is 9.40 Å². The summed E-state index contributed by atoms with van der Waals surface area (Å²) in [5.74, 6) is 2.75. The number of fused-ring (bicyclic) bond motifs is 3. The molecule has 9 heteroatoms. The average molecular weight is 486 g/mol. The predicted molar refractivity (Wildman–Crippen MR) is 135 cm³/mol. The van der Waals surface area contributed by atoms with Gasteiger partial charge in [-0.3, -0.25) is 9.20 Å². The Morgan fingerprint density at radius 2 is 1.82 bits per heavy atom. The van der Waals surface area contributed by atoms with E-state index in [-0.39, 0.29) is 5.56 Å². The van der Waals surface area contributed by atoms with Gasteiger partial charge in [-0.1, -0.05) is 42.1 Å². The van der Waals surface area contributed by atoms with Crippen LogP contribution in [0.2, 0.25) is 0 Å². The Morgan fingerprint density at radius 1 is 1.00 bits per heavy atom. The van der Waals surface area contributed by atoms with Crippen molar-refractivity contribution >= 4 is 39.8 Å². The van der Waals surface area contributed by atoms with Crippen LogP contribution in [0.4, 0.5) is 0 Å². The van der Waals surface area contributed by atoms with Gasteiger partial charge in [0.1, 0.15) is 5.76 Å². The topological polar surface area (TPSA) is 78.2 Å². The minimum atomic E-state index is -0.112. The van der Waals surface area contributed by atoms with Gasteiger partial charge in [0, 0.05) is 11.1 Å². The summed E-state index contributed by atoms with van der Waals surface area (Å²) in [6, 6.07) is 19.2. The Labute approximate surface area is 202 Å². The number of hydrogen-bond donors (Lipinski definition) is 0. The molecule has 0 saturated carbocycles. The van der Waals surface area contributed by atoms with Crippen LogP contribution in [0.15, 0.2) is 80.4 Å². The highest BCUT2D eigenvalue weighted by Gasteiger charge is 2.19. The zero-order valence-corrected chi connectivity index (χ0v) is 20.1. The largest absolute Gasteiger partial charge is 0.459 e. The van der Waals surface area contributed by atoms with Gasteiger partial charge in [0.05, 0.1) is 22.3 Å². The van der Waals surface area contributed by atoms with Gasteiger partial charge in [0.2, 0.25) is 5.78 Å². The quantitative estimate of drug-likeness (QED) is 0.293. The minimum Gasteiger partial charge on any atom is -0.459 e. The molecular weight excluding hydrogens is 466 g/mol. The summed E-state index contributed by atoms with van der Waals surface area (Å²) < 4.78 is 9.30. The minimum absolute atomic E-state index is 0.112. The SMILES string of the molecule is Cc1ccc(-c2nc(CSc3nnc4n(-c5ccccc5C)c(=O)c5ccccc5n34)cs2)o1. The summed E-state index contributed by atoms with van der Waals surface area (Å²) in [5, 5.41) is 13.1. The van der Waals surface area contributed by atoms with Gasteiger partial charge < -0.3 is 4.42 Å². The summed E-state index contributed by atoms with van der Waals surface area (Å²) in [6.07, 6.45) is 0. The van der Waals surface area contributed by atoms with Crippen molar-refractivity contribution in [2.24, 2.45) is 0 Å². The molecule has 0 atom stereocenters. The highest BCUT2D eigenvalue weighted by Crippen LogP contribution is 2.30. The van der Waals surface area contributed by atoms with Gasteiger partial charge in [0.15, 0.2) is 15.9 Å². The molecule has 4 heterocycles. The molecule has 0 saturated heterocycles. The molecule has 6 rings (SSSR count). The lowest BCUT2D eigenvalue weighted by molar-refractivity contribution is 0.548. The number of furan rings is 1. The van der Waals surface area contributed by atoms with Crippen LogP contribution >= 0.6 is 23.1 Å². The Hall–Kier alpha value is -3.69. The van der Waals surface area contributed by atoms with Crippen molar-refractivity contribution < 1.29 is 4.42 Å². The van der Waals surface area contributed by atoms with E-state index in [1.165, 1.54) is 11.8 Å². The number of thiazole rings is 1. The monoisotopic (exact) mass is 485 g/mol. The van der Waals surface area contributed by atoms with Crippen LogP contribution in [-0.2, 0) is 5.75 Å². The van der Waals surface area contributed by atoms with Crippen molar-refractivity contribution in [3.63, 3.8) is 0 Å². The molecule has 0 fully saturated rings. The van der Waals surface area contributed by atoms with Crippen LogP contribution in [0.3, 0.4) is 0 Å². The third kappa shape index (κ3) is 3.44. The fourth-order valence-electron chi connectivity index (χ4n) is 3.98. The van der Waals surface area contributed by atoms with Crippen molar-refractivity contribution in [2.45, 2.75) is 24.8 Å². The highest BCUT2D eigenvalue weighted by molar-refractivity contribution is 7.98. The van der Waals surface area contributed by atoms with E-state index >= 15 is 0 Å². The number of hydrogen-bond acceptors (Lipinski definition) is 7. The Bertz CT molecular complexity index is 1730. The van der Waals surface area contributed by atoms with E-state index in [0.717, 1.165) is 39.0 Å². The van der Waals surface area contributed by atoms with E-state index in [1.807, 2.05) is 84.3 Å². The summed E-state index contributed by atoms with van der Waals surface area (Å²) in [5.41, 5.74) is 3.39. The second kappa shape index (κ2) is 8.27. The summed E-state index contributed by atoms with van der Waals surface area (Å²) in [4.78, 5) is 18.2. The molecule has 2 aromatic carbocycles. The molecule has 0 radical (unpaired) electrons. The lowest BCUT2D eigenvalue weighted by Crippen LogP contribution is -2.22. The normalized spacial score (nSPS) is 11.6. The fraction of sp³-hybridized carbons (Fsp3) is 0.120. The van der Waals surface area contributed by atoms with Crippen molar-refractivity contribution in [3.05, 3.63) is 93.4 Å². The molecule has 0 aliphatic rings. The second-order valence-electron chi connectivity index (χ2n) is 7.91. The molecular formula is C25H19N5O2S2. The van der Waals surface area contributed by atoms with Gasteiger partial charge in [-0.15, -0.1) is 21.5 Å². The lowest BCUT2D eigenvalue weighted by atomic mass is 10.2. The Kier molecular flexibility index (Phi) is 5.08. The van der Waals surface area contributed by atoms with Gasteiger partial charge in [0.25, 0.3) is 5.56 Å². The van der Waals surface area contributed by atoms with Gasteiger partial charge in [-0.25, -0.2) is 9.55 Å². The maximum atomic E-state index is 13.5. The molecule has 0 N–H and O–H groups in total. The molecule has 0 spiro atoms. The van der Waals surface area contributed by atoms with E-state index in [2.05, 4.69) is 10.2 Å². The molecule has 168 valence electrons. The molecule has 0 amide bonds. The molecule has 4 aromatic heterocycles. The number of benzene rings is 2. The Balaban J connectivity index is 1.44. The number of aryl methyl sites for hydroxylation is 2. The van der Waals surface area contributed by atoms with E-state index in [0.29, 0.717) is 22.1 Å². The first-order valence-corrected chi connectivity index (χ1v) is 12.6. The average Bonchev–Trinajstić information content (AvgIpc) is 3.59. The second-order valence-corrected chi connectivity index (χ2v) is 9.71. The smallest absolute Gasteiger partial charge is 0.267 e. The van der Waals surface area contributed by atoms with E-state index in [9.17, 15) is 4.79 Å². The standard InChI is InChI=1S/C25H19N5O2S2/c1-15-7-3-5-9-19(15)29-23(31)18-8-4-6-10-20(18)30-24(29)27-28-25(30)34-14-17-13-33-22(26-17)21-12-11-16(2)32-21/h3-13H,14H2,1-2H3. The van der Waals surface area contributed by atoms with Crippen molar-refractivity contribution in [2.75, 3.05) is 0 Å². The lowest BCUT2D eigenvalue weighted by Gasteiger charge is -2.13. The van der Waals surface area contributed by atoms with Crippen LogP contribution < -0.4 is 5.56 Å². The third-order valence-electron chi connectivity index (χ3n) is 5.60. The summed E-state index contributed by atoms with van der Waals surface area (Å²) >= 11 is 3.10. The van der Waals surface area contributed by atoms with Gasteiger partial charge in [-0.05, 0) is 49.7 Å². The van der Waals surface area contributed by atoms with Crippen molar-refractivity contribution in [1.82, 2.24) is 24.1 Å². The molecule has 6 aromatic rings. The van der Waals surface area contributed by atoms with E-state index < -0.39 is 0 Å². The third-order valence-corrected chi connectivity index (χ3v) is 7.47. The summed E-state index contributed by atoms with van der Waals surface area (Å²) in [7, 11) is 0. The fourth-order valence-corrected chi connectivity index (χ4v) is 5.70. The van der Waals surface area contributed by atoms with Crippen LogP contribution in [-0.4, -0.2) is 24.1 Å². The number of rotatable bonds is 5. The van der Waals surface area contributed by atoms with Crippen LogP contribution in [0.1, 0.15) is 17.0 Å². The number of para-hydroxylation sites is 2. The Morgan fingerprint density at radius 3 is 2.65 bits per heavy atom. The predicted octanol–water partition coefficient (Wildman–Crippen LogP) is 5.66. The van der Waals surface area contributed by atoms with Crippen LogP contribution in [0.25, 0.3) is 33.1 Å². The van der Waals surface area contributed by atoms with Crippen molar-refractivity contribution in [3.8, 4) is 16.5 Å². The molecule has 7 nitrogen and oxygen atoms in total. The molecule has 0 aliphatic heterocycles. The van der Waals surface area contributed by atoms with Gasteiger partial charge >= 0.3 is 0 Å². The highest BCUT2D eigenvalue weighted by atomic mass is 32.2. The zero-order chi connectivity index (χ0) is 23.2. The number of nitrogens with zero attached hydrogens (tertiary/aromatic N) is 5. The first kappa shape index (κ1) is 20.9. The van der Waals surface area contributed by atoms with Crippen LogP contribution in [0.5, 0.6) is 0 Å². The van der Waals surface area contributed by atoms with Gasteiger partial charge in [-0.2, -0.15) is 0 Å². The molecule has 0 bridgehead atoms. The number of aromatic nitrogens is 5. The molecule has 0 aliphatic carbocycles. The molecule has 0 unspecified atom stereocenters. The zero-order valence-electron chi connectivity index (χ0n) is 18.4. The first-order chi connectivity index (χ1) is 16.6. The van der Waals surface area contributed by atoms with Crippen LogP contribution in [0, 0.1) is 13.8 Å². The first-order valence-electron chi connectivity index (χ1n) is 10.7. The van der Waals surface area contributed by atoms with E-state index in [1.54, 1.807) is 15.9 Å². The molecule has 34 heavy (non-hydrogen) atoms.